The van der Waals surface area contributed by atoms with Gasteiger partial charge >= 0.3 is 0 Å². The molecule has 8 nitrogen and oxygen atoms in total. The summed E-state index contributed by atoms with van der Waals surface area (Å²) in [6.07, 6.45) is 0.0247. The smallest absolute Gasteiger partial charge is 0.232 e. The van der Waals surface area contributed by atoms with Crippen LogP contribution >= 0.6 is 0 Å². The van der Waals surface area contributed by atoms with Gasteiger partial charge in [-0.2, -0.15) is 5.21 Å². The lowest BCUT2D eigenvalue weighted by Crippen LogP contribution is -2.16. The van der Waals surface area contributed by atoms with E-state index in [1.54, 1.807) is 25.3 Å². The van der Waals surface area contributed by atoms with E-state index in [1.807, 2.05) is 0 Å². The monoisotopic (exact) mass is 263 g/mol. The first-order chi connectivity index (χ1) is 9.22. The number of carbonyl (C=O) groups excluding carboxylic acids is 1. The highest BCUT2D eigenvalue weighted by Crippen LogP contribution is 2.28. The third kappa shape index (κ3) is 3.18. The molecule has 0 atom stereocenters. The highest BCUT2D eigenvalue weighted by Gasteiger charge is 2.11. The van der Waals surface area contributed by atoms with Crippen LogP contribution in [-0.4, -0.2) is 40.8 Å². The summed E-state index contributed by atoms with van der Waals surface area (Å²) in [5.74, 6) is 1.21. The fraction of sp³-hybridized carbons (Fsp3) is 0.273. The lowest BCUT2D eigenvalue weighted by molar-refractivity contribution is -0.115. The zero-order valence-corrected chi connectivity index (χ0v) is 10.5. The Bertz CT molecular complexity index is 555. The van der Waals surface area contributed by atoms with Gasteiger partial charge < -0.3 is 14.8 Å². The first-order valence-corrected chi connectivity index (χ1v) is 5.47. The van der Waals surface area contributed by atoms with E-state index in [2.05, 4.69) is 25.9 Å². The summed E-state index contributed by atoms with van der Waals surface area (Å²) >= 11 is 0. The molecule has 1 aromatic carbocycles. The Labute approximate surface area is 109 Å². The number of hydrogen-bond acceptors (Lipinski definition) is 6. The maximum atomic E-state index is 11.8. The number of aromatic nitrogens is 4. The number of methoxy groups -OCH3 is 2. The number of nitrogens with one attached hydrogen (secondary N) is 2. The van der Waals surface area contributed by atoms with Gasteiger partial charge in [0.05, 0.1) is 26.3 Å². The van der Waals surface area contributed by atoms with Crippen molar-refractivity contribution in [1.82, 2.24) is 20.6 Å². The van der Waals surface area contributed by atoms with Gasteiger partial charge in [0.1, 0.15) is 11.5 Å². The third-order valence-electron chi connectivity index (χ3n) is 2.39. The van der Waals surface area contributed by atoms with E-state index in [0.29, 0.717) is 23.0 Å². The van der Waals surface area contributed by atoms with Gasteiger partial charge in [-0.25, -0.2) is 0 Å². The first kappa shape index (κ1) is 12.8. The SMILES string of the molecule is COc1ccc(OC)c(NC(=O)Cc2nn[nH]n2)c1. The Morgan fingerprint density at radius 1 is 1.37 bits per heavy atom. The number of ether oxygens (including phenoxy) is 2. The predicted molar refractivity (Wildman–Crippen MR) is 66.1 cm³/mol. The molecule has 0 aliphatic carbocycles. The van der Waals surface area contributed by atoms with Crippen LogP contribution in [0.4, 0.5) is 5.69 Å². The quantitative estimate of drug-likeness (QED) is 0.809. The van der Waals surface area contributed by atoms with Gasteiger partial charge in [0.15, 0.2) is 5.82 Å². The highest BCUT2D eigenvalue weighted by atomic mass is 16.5. The second-order valence-corrected chi connectivity index (χ2v) is 3.62. The van der Waals surface area contributed by atoms with Gasteiger partial charge in [0, 0.05) is 6.07 Å². The summed E-state index contributed by atoms with van der Waals surface area (Å²) < 4.78 is 10.3. The van der Waals surface area contributed by atoms with Gasteiger partial charge in [-0.1, -0.05) is 5.21 Å². The van der Waals surface area contributed by atoms with Crippen molar-refractivity contribution >= 4 is 11.6 Å². The van der Waals surface area contributed by atoms with Crippen molar-refractivity contribution in [3.63, 3.8) is 0 Å². The summed E-state index contributed by atoms with van der Waals surface area (Å²) in [7, 11) is 3.07. The first-order valence-electron chi connectivity index (χ1n) is 5.47. The van der Waals surface area contributed by atoms with Crippen molar-refractivity contribution in [1.29, 1.82) is 0 Å². The van der Waals surface area contributed by atoms with Crippen molar-refractivity contribution in [2.45, 2.75) is 6.42 Å². The van der Waals surface area contributed by atoms with Crippen LogP contribution in [0.5, 0.6) is 11.5 Å². The largest absolute Gasteiger partial charge is 0.497 e. The summed E-state index contributed by atoms with van der Waals surface area (Å²) in [4.78, 5) is 11.8. The zero-order chi connectivity index (χ0) is 13.7. The number of hydrogen-bond donors (Lipinski definition) is 2. The molecule has 0 bridgehead atoms. The van der Waals surface area contributed by atoms with E-state index in [-0.39, 0.29) is 12.3 Å². The second kappa shape index (κ2) is 5.80. The number of tetrazole rings is 1. The number of rotatable bonds is 5. The Balaban J connectivity index is 2.10. The predicted octanol–water partition coefficient (Wildman–Crippen LogP) is 0.398. The Hall–Kier alpha value is -2.64. The maximum absolute atomic E-state index is 11.8. The van der Waals surface area contributed by atoms with Crippen molar-refractivity contribution in [3.8, 4) is 11.5 Å². The van der Waals surface area contributed by atoms with E-state index < -0.39 is 0 Å². The van der Waals surface area contributed by atoms with Crippen LogP contribution in [0, 0.1) is 0 Å². The molecular weight excluding hydrogens is 250 g/mol. The molecule has 2 rings (SSSR count). The Kier molecular flexibility index (Phi) is 3.91. The fourth-order valence-electron chi connectivity index (χ4n) is 1.51. The molecule has 1 heterocycles. The van der Waals surface area contributed by atoms with Crippen LogP contribution in [0.1, 0.15) is 5.82 Å². The van der Waals surface area contributed by atoms with Gasteiger partial charge in [-0.3, -0.25) is 4.79 Å². The fourth-order valence-corrected chi connectivity index (χ4v) is 1.51. The highest BCUT2D eigenvalue weighted by molar-refractivity contribution is 5.93. The molecule has 2 aromatic rings. The molecular formula is C11H13N5O3. The zero-order valence-electron chi connectivity index (χ0n) is 10.5. The van der Waals surface area contributed by atoms with Gasteiger partial charge in [0.25, 0.3) is 0 Å². The van der Waals surface area contributed by atoms with Crippen LogP contribution in [-0.2, 0) is 11.2 Å². The molecule has 19 heavy (non-hydrogen) atoms. The van der Waals surface area contributed by atoms with Crippen LogP contribution in [0.2, 0.25) is 0 Å². The van der Waals surface area contributed by atoms with Crippen molar-refractivity contribution in [2.75, 3.05) is 19.5 Å². The molecule has 1 aromatic heterocycles. The van der Waals surface area contributed by atoms with Crippen molar-refractivity contribution < 1.29 is 14.3 Å². The van der Waals surface area contributed by atoms with E-state index in [9.17, 15) is 4.79 Å². The number of amides is 1. The molecule has 0 fully saturated rings. The second-order valence-electron chi connectivity index (χ2n) is 3.62. The Morgan fingerprint density at radius 2 is 2.21 bits per heavy atom. The van der Waals surface area contributed by atoms with E-state index in [4.69, 9.17) is 9.47 Å². The minimum atomic E-state index is -0.270. The molecule has 0 radical (unpaired) electrons. The van der Waals surface area contributed by atoms with Gasteiger partial charge in [0.2, 0.25) is 5.91 Å². The van der Waals surface area contributed by atoms with E-state index >= 15 is 0 Å². The average molecular weight is 263 g/mol. The van der Waals surface area contributed by atoms with Crippen LogP contribution in [0.15, 0.2) is 18.2 Å². The minimum Gasteiger partial charge on any atom is -0.497 e. The number of nitrogens with zero attached hydrogens (tertiary/aromatic N) is 3. The van der Waals surface area contributed by atoms with Crippen LogP contribution in [0.25, 0.3) is 0 Å². The summed E-state index contributed by atoms with van der Waals surface area (Å²) in [5.41, 5.74) is 0.523. The third-order valence-corrected chi connectivity index (χ3v) is 2.39. The van der Waals surface area contributed by atoms with Gasteiger partial charge in [-0.05, 0) is 12.1 Å². The maximum Gasteiger partial charge on any atom is 0.232 e. The molecule has 0 saturated carbocycles. The molecule has 2 N–H and O–H groups in total. The topological polar surface area (TPSA) is 102 Å². The number of anilines is 1. The molecule has 0 unspecified atom stereocenters. The number of carbonyl (C=O) groups is 1. The van der Waals surface area contributed by atoms with E-state index in [1.165, 1.54) is 7.11 Å². The van der Waals surface area contributed by atoms with Crippen LogP contribution < -0.4 is 14.8 Å². The molecule has 0 saturated heterocycles. The number of aromatic amines is 1. The van der Waals surface area contributed by atoms with Crippen molar-refractivity contribution in [3.05, 3.63) is 24.0 Å². The molecule has 100 valence electrons. The van der Waals surface area contributed by atoms with E-state index in [0.717, 1.165) is 0 Å². The lowest BCUT2D eigenvalue weighted by Gasteiger charge is -2.11. The molecule has 0 aliphatic heterocycles. The van der Waals surface area contributed by atoms with Crippen LogP contribution in [0.3, 0.4) is 0 Å². The Morgan fingerprint density at radius 3 is 2.84 bits per heavy atom. The van der Waals surface area contributed by atoms with Gasteiger partial charge in [-0.15, -0.1) is 10.2 Å². The summed E-state index contributed by atoms with van der Waals surface area (Å²) in [6.45, 7) is 0. The molecule has 8 heteroatoms. The molecule has 0 spiro atoms. The normalized spacial score (nSPS) is 10.0. The number of benzene rings is 1. The average Bonchev–Trinajstić information content (AvgIpc) is 2.91. The lowest BCUT2D eigenvalue weighted by atomic mass is 10.2. The summed E-state index contributed by atoms with van der Waals surface area (Å²) in [6, 6.07) is 5.13. The summed E-state index contributed by atoms with van der Waals surface area (Å²) in [5, 5.41) is 15.8. The standard InChI is InChI=1S/C11H13N5O3/c1-18-7-3-4-9(19-2)8(5-7)12-11(17)6-10-13-15-16-14-10/h3-5H,6H2,1-2H3,(H,12,17)(H,13,14,15,16). The number of H-pyrrole nitrogens is 1. The van der Waals surface area contributed by atoms with Crippen molar-refractivity contribution in [2.24, 2.45) is 0 Å². The molecule has 0 aliphatic rings. The molecule has 1 amide bonds. The minimum absolute atomic E-state index is 0.0247.